The zero-order valence-corrected chi connectivity index (χ0v) is 14.4. The SMILES string of the molecule is CCN(CCNCc1cc(C2CC2)n[nH]1)Cc1ccc(Cl)cc1. The second-order valence-electron chi connectivity index (χ2n) is 6.26. The molecule has 23 heavy (non-hydrogen) atoms. The van der Waals surface area contributed by atoms with Gasteiger partial charge in [0.1, 0.15) is 0 Å². The Kier molecular flexibility index (Phi) is 5.70. The van der Waals surface area contributed by atoms with Crippen molar-refractivity contribution in [3.8, 4) is 0 Å². The smallest absolute Gasteiger partial charge is 0.0656 e. The molecule has 0 unspecified atom stereocenters. The zero-order valence-electron chi connectivity index (χ0n) is 13.7. The molecule has 4 nitrogen and oxygen atoms in total. The number of likely N-dealkylation sites (N-methyl/N-ethyl adjacent to an activating group) is 1. The molecule has 1 saturated carbocycles. The lowest BCUT2D eigenvalue weighted by molar-refractivity contribution is 0.279. The summed E-state index contributed by atoms with van der Waals surface area (Å²) in [6, 6.07) is 10.3. The van der Waals surface area contributed by atoms with E-state index in [0.717, 1.165) is 43.7 Å². The Labute approximate surface area is 143 Å². The van der Waals surface area contributed by atoms with Crippen LogP contribution < -0.4 is 5.32 Å². The molecule has 2 aromatic rings. The first-order valence-electron chi connectivity index (χ1n) is 8.46. The van der Waals surface area contributed by atoms with Gasteiger partial charge in [0.2, 0.25) is 0 Å². The van der Waals surface area contributed by atoms with Crippen molar-refractivity contribution in [1.29, 1.82) is 0 Å². The molecule has 1 aromatic carbocycles. The van der Waals surface area contributed by atoms with Crippen LogP contribution in [0.5, 0.6) is 0 Å². The number of hydrogen-bond acceptors (Lipinski definition) is 3. The number of nitrogens with one attached hydrogen (secondary N) is 2. The number of aromatic amines is 1. The maximum Gasteiger partial charge on any atom is 0.0656 e. The third kappa shape index (κ3) is 5.06. The molecule has 1 aliphatic carbocycles. The highest BCUT2D eigenvalue weighted by Gasteiger charge is 2.25. The van der Waals surface area contributed by atoms with E-state index in [1.807, 2.05) is 12.1 Å². The van der Waals surface area contributed by atoms with Crippen LogP contribution in [0.3, 0.4) is 0 Å². The van der Waals surface area contributed by atoms with Crippen molar-refractivity contribution in [3.05, 3.63) is 52.3 Å². The lowest BCUT2D eigenvalue weighted by Crippen LogP contribution is -2.31. The quantitative estimate of drug-likeness (QED) is 0.690. The molecule has 124 valence electrons. The third-order valence-electron chi connectivity index (χ3n) is 4.33. The van der Waals surface area contributed by atoms with Crippen LogP contribution in [-0.2, 0) is 13.1 Å². The van der Waals surface area contributed by atoms with E-state index in [2.05, 4.69) is 45.5 Å². The Morgan fingerprint density at radius 1 is 1.30 bits per heavy atom. The first-order valence-corrected chi connectivity index (χ1v) is 8.84. The van der Waals surface area contributed by atoms with Crippen LogP contribution in [0.4, 0.5) is 0 Å². The van der Waals surface area contributed by atoms with E-state index >= 15 is 0 Å². The first-order chi connectivity index (χ1) is 11.2. The summed E-state index contributed by atoms with van der Waals surface area (Å²) in [5.41, 5.74) is 3.73. The van der Waals surface area contributed by atoms with Crippen molar-refractivity contribution in [1.82, 2.24) is 20.4 Å². The number of halogens is 1. The van der Waals surface area contributed by atoms with Crippen molar-refractivity contribution in [2.75, 3.05) is 19.6 Å². The van der Waals surface area contributed by atoms with E-state index in [-0.39, 0.29) is 0 Å². The molecule has 5 heteroatoms. The Bertz CT molecular complexity index is 604. The molecule has 0 saturated heterocycles. The van der Waals surface area contributed by atoms with Crippen LogP contribution >= 0.6 is 11.6 Å². The lowest BCUT2D eigenvalue weighted by Gasteiger charge is -2.20. The first kappa shape index (κ1) is 16.5. The summed E-state index contributed by atoms with van der Waals surface area (Å²) >= 11 is 5.94. The number of rotatable bonds is 9. The van der Waals surface area contributed by atoms with Gasteiger partial charge >= 0.3 is 0 Å². The van der Waals surface area contributed by atoms with Gasteiger partial charge in [0, 0.05) is 42.8 Å². The minimum Gasteiger partial charge on any atom is -0.310 e. The van der Waals surface area contributed by atoms with Gasteiger partial charge in [-0.1, -0.05) is 30.7 Å². The second-order valence-corrected chi connectivity index (χ2v) is 6.70. The van der Waals surface area contributed by atoms with Crippen molar-refractivity contribution in [2.45, 2.75) is 38.8 Å². The molecule has 1 fully saturated rings. The van der Waals surface area contributed by atoms with Gasteiger partial charge in [-0.05, 0) is 43.1 Å². The number of nitrogens with zero attached hydrogens (tertiary/aromatic N) is 2. The van der Waals surface area contributed by atoms with Crippen molar-refractivity contribution >= 4 is 11.6 Å². The summed E-state index contributed by atoms with van der Waals surface area (Å²) in [5.74, 6) is 0.718. The molecule has 0 spiro atoms. The molecular formula is C18H25ClN4. The molecule has 2 N–H and O–H groups in total. The standard InChI is InChI=1S/C18H25ClN4/c1-2-23(13-14-3-7-16(19)8-4-14)10-9-20-12-17-11-18(22-21-17)15-5-6-15/h3-4,7-8,11,15,20H,2,5-6,9-10,12-13H2,1H3,(H,21,22). The number of benzene rings is 1. The summed E-state index contributed by atoms with van der Waals surface area (Å²) in [6.07, 6.45) is 2.60. The average Bonchev–Trinajstić information content (AvgIpc) is 3.31. The fourth-order valence-electron chi connectivity index (χ4n) is 2.72. The maximum absolute atomic E-state index is 5.94. The molecule has 0 radical (unpaired) electrons. The van der Waals surface area contributed by atoms with Gasteiger partial charge in [-0.15, -0.1) is 0 Å². The van der Waals surface area contributed by atoms with Crippen molar-refractivity contribution in [3.63, 3.8) is 0 Å². The van der Waals surface area contributed by atoms with Gasteiger partial charge in [-0.3, -0.25) is 10.00 Å². The summed E-state index contributed by atoms with van der Waals surface area (Å²) in [5, 5.41) is 11.8. The lowest BCUT2D eigenvalue weighted by atomic mass is 10.2. The summed E-state index contributed by atoms with van der Waals surface area (Å²) in [7, 11) is 0. The molecule has 0 aliphatic heterocycles. The Hall–Kier alpha value is -1.36. The molecule has 0 atom stereocenters. The van der Waals surface area contributed by atoms with Crippen LogP contribution in [0.15, 0.2) is 30.3 Å². The van der Waals surface area contributed by atoms with Crippen LogP contribution in [0.25, 0.3) is 0 Å². The van der Waals surface area contributed by atoms with E-state index in [9.17, 15) is 0 Å². The summed E-state index contributed by atoms with van der Waals surface area (Å²) < 4.78 is 0. The second kappa shape index (κ2) is 7.95. The van der Waals surface area contributed by atoms with E-state index < -0.39 is 0 Å². The van der Waals surface area contributed by atoms with Gasteiger partial charge in [0.25, 0.3) is 0 Å². The van der Waals surface area contributed by atoms with Crippen LogP contribution in [0.2, 0.25) is 5.02 Å². The molecule has 1 aromatic heterocycles. The molecular weight excluding hydrogens is 308 g/mol. The average molecular weight is 333 g/mol. The summed E-state index contributed by atoms with van der Waals surface area (Å²) in [6.45, 7) is 7.07. The van der Waals surface area contributed by atoms with Gasteiger partial charge in [0.05, 0.1) is 5.69 Å². The number of hydrogen-bond donors (Lipinski definition) is 2. The Morgan fingerprint density at radius 3 is 2.78 bits per heavy atom. The maximum atomic E-state index is 5.94. The molecule has 0 amide bonds. The molecule has 1 aliphatic rings. The zero-order chi connectivity index (χ0) is 16.1. The molecule has 3 rings (SSSR count). The van der Waals surface area contributed by atoms with Gasteiger partial charge in [-0.2, -0.15) is 5.10 Å². The molecule has 0 bridgehead atoms. The predicted octanol–water partition coefficient (Wildman–Crippen LogP) is 3.55. The predicted molar refractivity (Wildman–Crippen MR) is 94.7 cm³/mol. The minimum absolute atomic E-state index is 0.718. The van der Waals surface area contributed by atoms with Crippen LogP contribution in [0, 0.1) is 0 Å². The highest BCUT2D eigenvalue weighted by Crippen LogP contribution is 2.38. The van der Waals surface area contributed by atoms with Crippen LogP contribution in [-0.4, -0.2) is 34.7 Å². The van der Waals surface area contributed by atoms with E-state index in [4.69, 9.17) is 11.6 Å². The van der Waals surface area contributed by atoms with Gasteiger partial charge in [-0.25, -0.2) is 0 Å². The highest BCUT2D eigenvalue weighted by atomic mass is 35.5. The van der Waals surface area contributed by atoms with Crippen molar-refractivity contribution in [2.24, 2.45) is 0 Å². The highest BCUT2D eigenvalue weighted by molar-refractivity contribution is 6.30. The summed E-state index contributed by atoms with van der Waals surface area (Å²) in [4.78, 5) is 2.43. The topological polar surface area (TPSA) is 44.0 Å². The van der Waals surface area contributed by atoms with Crippen LogP contribution in [0.1, 0.15) is 42.6 Å². The minimum atomic E-state index is 0.718. The van der Waals surface area contributed by atoms with Crippen molar-refractivity contribution < 1.29 is 0 Å². The van der Waals surface area contributed by atoms with Gasteiger partial charge < -0.3 is 5.32 Å². The van der Waals surface area contributed by atoms with E-state index in [0.29, 0.717) is 0 Å². The number of H-pyrrole nitrogens is 1. The monoisotopic (exact) mass is 332 g/mol. The Morgan fingerprint density at radius 2 is 2.09 bits per heavy atom. The fourth-order valence-corrected chi connectivity index (χ4v) is 2.84. The Balaban J connectivity index is 1.38. The number of aromatic nitrogens is 2. The normalized spacial score (nSPS) is 14.6. The largest absolute Gasteiger partial charge is 0.310 e. The van der Waals surface area contributed by atoms with E-state index in [1.165, 1.54) is 29.8 Å². The van der Waals surface area contributed by atoms with Gasteiger partial charge in [0.15, 0.2) is 0 Å². The fraction of sp³-hybridized carbons (Fsp3) is 0.500. The molecule has 1 heterocycles. The van der Waals surface area contributed by atoms with E-state index in [1.54, 1.807) is 0 Å². The third-order valence-corrected chi connectivity index (χ3v) is 4.59.